The molecule has 2 aromatic rings. The molecule has 0 spiro atoms. The second-order valence-corrected chi connectivity index (χ2v) is 4.85. The molecule has 1 aromatic carbocycles. The van der Waals surface area contributed by atoms with Crippen LogP contribution in [0.5, 0.6) is 11.6 Å². The molecule has 4 nitrogen and oxygen atoms in total. The third-order valence-corrected chi connectivity index (χ3v) is 3.54. The third kappa shape index (κ3) is 2.90. The van der Waals surface area contributed by atoms with Crippen molar-refractivity contribution < 1.29 is 4.74 Å². The van der Waals surface area contributed by atoms with E-state index in [-0.39, 0.29) is 0 Å². The zero-order valence-corrected chi connectivity index (χ0v) is 12.5. The standard InChI is InChI=1S/C16H21N3O/c1-5-11(2)13-8-6-7-9-14(13)20-16-12(3)15(17-4)18-10-19-16/h6-11H,5H2,1-4H3,(H,17,18,19). The molecule has 1 atom stereocenters. The lowest BCUT2D eigenvalue weighted by Gasteiger charge is -2.16. The van der Waals surface area contributed by atoms with Crippen molar-refractivity contribution in [2.75, 3.05) is 12.4 Å². The van der Waals surface area contributed by atoms with Crippen molar-refractivity contribution in [3.8, 4) is 11.6 Å². The Labute approximate surface area is 120 Å². The average Bonchev–Trinajstić information content (AvgIpc) is 2.49. The van der Waals surface area contributed by atoms with E-state index >= 15 is 0 Å². The number of hydrogen-bond acceptors (Lipinski definition) is 4. The molecule has 1 unspecified atom stereocenters. The van der Waals surface area contributed by atoms with Crippen molar-refractivity contribution in [1.82, 2.24) is 9.97 Å². The van der Waals surface area contributed by atoms with Gasteiger partial charge in [0.15, 0.2) is 0 Å². The highest BCUT2D eigenvalue weighted by molar-refractivity contribution is 5.49. The summed E-state index contributed by atoms with van der Waals surface area (Å²) in [6.07, 6.45) is 2.59. The molecule has 0 aliphatic rings. The summed E-state index contributed by atoms with van der Waals surface area (Å²) in [7, 11) is 1.84. The summed E-state index contributed by atoms with van der Waals surface area (Å²) in [5.74, 6) is 2.71. The summed E-state index contributed by atoms with van der Waals surface area (Å²) < 4.78 is 6.01. The van der Waals surface area contributed by atoms with Crippen molar-refractivity contribution in [2.45, 2.75) is 33.1 Å². The minimum absolute atomic E-state index is 0.456. The van der Waals surface area contributed by atoms with E-state index in [1.165, 1.54) is 11.9 Å². The van der Waals surface area contributed by atoms with Crippen LogP contribution in [-0.4, -0.2) is 17.0 Å². The van der Waals surface area contributed by atoms with Crippen LogP contribution in [0.1, 0.15) is 37.3 Å². The number of anilines is 1. The molecule has 1 heterocycles. The highest BCUT2D eigenvalue weighted by Gasteiger charge is 2.13. The van der Waals surface area contributed by atoms with E-state index in [4.69, 9.17) is 4.74 Å². The molecule has 0 aliphatic carbocycles. The Morgan fingerprint density at radius 2 is 2.00 bits per heavy atom. The quantitative estimate of drug-likeness (QED) is 0.888. The molecule has 0 amide bonds. The summed E-state index contributed by atoms with van der Waals surface area (Å²) in [5.41, 5.74) is 2.12. The van der Waals surface area contributed by atoms with Crippen LogP contribution < -0.4 is 10.1 Å². The molecule has 0 saturated carbocycles. The summed E-state index contributed by atoms with van der Waals surface area (Å²) in [6.45, 7) is 6.33. The fourth-order valence-electron chi connectivity index (χ4n) is 2.09. The van der Waals surface area contributed by atoms with Gasteiger partial charge < -0.3 is 10.1 Å². The van der Waals surface area contributed by atoms with Crippen LogP contribution in [0.2, 0.25) is 0 Å². The van der Waals surface area contributed by atoms with Crippen molar-refractivity contribution in [3.63, 3.8) is 0 Å². The molecular formula is C16H21N3O. The van der Waals surface area contributed by atoms with Crippen LogP contribution in [0.25, 0.3) is 0 Å². The first-order chi connectivity index (χ1) is 9.67. The minimum atomic E-state index is 0.456. The van der Waals surface area contributed by atoms with E-state index in [0.717, 1.165) is 23.6 Å². The van der Waals surface area contributed by atoms with Gasteiger partial charge in [-0.15, -0.1) is 0 Å². The predicted molar refractivity (Wildman–Crippen MR) is 81.5 cm³/mol. The Hall–Kier alpha value is -2.10. The second-order valence-electron chi connectivity index (χ2n) is 4.85. The molecule has 2 rings (SSSR count). The van der Waals surface area contributed by atoms with Crippen LogP contribution in [0, 0.1) is 6.92 Å². The molecule has 0 fully saturated rings. The number of benzene rings is 1. The molecule has 0 bridgehead atoms. The van der Waals surface area contributed by atoms with Crippen LogP contribution in [0.15, 0.2) is 30.6 Å². The van der Waals surface area contributed by atoms with Gasteiger partial charge in [0.2, 0.25) is 5.88 Å². The highest BCUT2D eigenvalue weighted by Crippen LogP contribution is 2.33. The van der Waals surface area contributed by atoms with Gasteiger partial charge in [0.25, 0.3) is 0 Å². The number of nitrogens with zero attached hydrogens (tertiary/aromatic N) is 2. The first kappa shape index (κ1) is 14.3. The Morgan fingerprint density at radius 3 is 2.70 bits per heavy atom. The fraction of sp³-hybridized carbons (Fsp3) is 0.375. The maximum absolute atomic E-state index is 6.01. The molecule has 0 saturated heterocycles. The largest absolute Gasteiger partial charge is 0.438 e. The second kappa shape index (κ2) is 6.37. The smallest absolute Gasteiger partial charge is 0.227 e. The number of rotatable bonds is 5. The average molecular weight is 271 g/mol. The first-order valence-electron chi connectivity index (χ1n) is 6.93. The first-order valence-corrected chi connectivity index (χ1v) is 6.93. The SMILES string of the molecule is CCC(C)c1ccccc1Oc1ncnc(NC)c1C. The number of nitrogens with one attached hydrogen (secondary N) is 1. The molecule has 0 aliphatic heterocycles. The fourth-order valence-corrected chi connectivity index (χ4v) is 2.09. The predicted octanol–water partition coefficient (Wildman–Crippen LogP) is 4.13. The summed E-state index contributed by atoms with van der Waals surface area (Å²) in [6, 6.07) is 8.12. The number of hydrogen-bond donors (Lipinski definition) is 1. The Morgan fingerprint density at radius 1 is 1.25 bits per heavy atom. The van der Waals surface area contributed by atoms with E-state index in [9.17, 15) is 0 Å². The Kier molecular flexibility index (Phi) is 4.56. The minimum Gasteiger partial charge on any atom is -0.438 e. The maximum atomic E-state index is 6.01. The van der Waals surface area contributed by atoms with E-state index in [1.54, 1.807) is 0 Å². The van der Waals surface area contributed by atoms with E-state index in [1.807, 2.05) is 32.2 Å². The van der Waals surface area contributed by atoms with Gasteiger partial charge in [-0.3, -0.25) is 0 Å². The topological polar surface area (TPSA) is 47.0 Å². The molecule has 1 N–H and O–H groups in total. The number of ether oxygens (including phenoxy) is 1. The number of para-hydroxylation sites is 1. The highest BCUT2D eigenvalue weighted by atomic mass is 16.5. The van der Waals surface area contributed by atoms with E-state index in [0.29, 0.717) is 11.8 Å². The van der Waals surface area contributed by atoms with Gasteiger partial charge in [0.1, 0.15) is 17.9 Å². The van der Waals surface area contributed by atoms with Crippen molar-refractivity contribution in [2.24, 2.45) is 0 Å². The lowest BCUT2D eigenvalue weighted by molar-refractivity contribution is 0.447. The normalized spacial score (nSPS) is 12.0. The summed E-state index contributed by atoms with van der Waals surface area (Å²) >= 11 is 0. The molecular weight excluding hydrogens is 250 g/mol. The van der Waals surface area contributed by atoms with E-state index < -0.39 is 0 Å². The van der Waals surface area contributed by atoms with Gasteiger partial charge in [0.05, 0.1) is 5.56 Å². The zero-order valence-electron chi connectivity index (χ0n) is 12.5. The van der Waals surface area contributed by atoms with Gasteiger partial charge in [-0.2, -0.15) is 0 Å². The van der Waals surface area contributed by atoms with Gasteiger partial charge in [-0.1, -0.05) is 32.0 Å². The number of aromatic nitrogens is 2. The van der Waals surface area contributed by atoms with Gasteiger partial charge in [0, 0.05) is 7.05 Å². The van der Waals surface area contributed by atoms with Gasteiger partial charge in [-0.25, -0.2) is 9.97 Å². The summed E-state index contributed by atoms with van der Waals surface area (Å²) in [4.78, 5) is 8.41. The van der Waals surface area contributed by atoms with Gasteiger partial charge >= 0.3 is 0 Å². The van der Waals surface area contributed by atoms with Gasteiger partial charge in [-0.05, 0) is 30.9 Å². The monoisotopic (exact) mass is 271 g/mol. The van der Waals surface area contributed by atoms with Crippen molar-refractivity contribution in [3.05, 3.63) is 41.7 Å². The third-order valence-electron chi connectivity index (χ3n) is 3.54. The molecule has 106 valence electrons. The molecule has 0 radical (unpaired) electrons. The van der Waals surface area contributed by atoms with E-state index in [2.05, 4.69) is 35.2 Å². The van der Waals surface area contributed by atoms with Crippen molar-refractivity contribution >= 4 is 5.82 Å². The summed E-state index contributed by atoms with van der Waals surface area (Å²) in [5, 5.41) is 3.04. The van der Waals surface area contributed by atoms with Crippen molar-refractivity contribution in [1.29, 1.82) is 0 Å². The van der Waals surface area contributed by atoms with Crippen LogP contribution in [0.4, 0.5) is 5.82 Å². The molecule has 4 heteroatoms. The Bertz CT molecular complexity index is 584. The van der Waals surface area contributed by atoms with Crippen LogP contribution in [0.3, 0.4) is 0 Å². The zero-order chi connectivity index (χ0) is 14.5. The Balaban J connectivity index is 2.35. The molecule has 1 aromatic heterocycles. The molecule has 20 heavy (non-hydrogen) atoms. The lowest BCUT2D eigenvalue weighted by atomic mass is 9.98. The lowest BCUT2D eigenvalue weighted by Crippen LogP contribution is -2.02. The van der Waals surface area contributed by atoms with Crippen LogP contribution in [-0.2, 0) is 0 Å². The van der Waals surface area contributed by atoms with Crippen LogP contribution >= 0.6 is 0 Å². The maximum Gasteiger partial charge on any atom is 0.227 e.